The van der Waals surface area contributed by atoms with Crippen LogP contribution in [0, 0.1) is 0 Å². The third kappa shape index (κ3) is 4.08. The predicted octanol–water partition coefficient (Wildman–Crippen LogP) is 1.10. The van der Waals surface area contributed by atoms with Gasteiger partial charge in [0.15, 0.2) is 0 Å². The first-order chi connectivity index (χ1) is 7.63. The van der Waals surface area contributed by atoms with Gasteiger partial charge in [-0.2, -0.15) is 0 Å². The number of carbonyl (C=O) groups is 1. The molecule has 16 heavy (non-hydrogen) atoms. The summed E-state index contributed by atoms with van der Waals surface area (Å²) in [4.78, 5) is 10.6. The van der Waals surface area contributed by atoms with Crippen molar-refractivity contribution in [3.8, 4) is 5.75 Å². The first kappa shape index (κ1) is 12.8. The van der Waals surface area contributed by atoms with E-state index in [-0.39, 0.29) is 18.9 Å². The number of amides is 1. The zero-order valence-electron chi connectivity index (χ0n) is 8.91. The Kier molecular flexibility index (Phi) is 5.08. The Morgan fingerprint density at radius 3 is 2.81 bits per heavy atom. The van der Waals surface area contributed by atoms with Crippen LogP contribution in [-0.4, -0.2) is 19.1 Å². The number of hydrogen-bond donors (Lipinski definition) is 2. The second-order valence-electron chi connectivity index (χ2n) is 3.36. The predicted molar refractivity (Wildman–Crippen MR) is 63.5 cm³/mol. The maximum absolute atomic E-state index is 10.6. The Morgan fingerprint density at radius 2 is 2.19 bits per heavy atom. The number of ether oxygens (including phenoxy) is 1. The second-order valence-corrected chi connectivity index (χ2v) is 3.79. The summed E-state index contributed by atoms with van der Waals surface area (Å²) in [5.74, 6) is 0.324. The molecule has 4 nitrogen and oxygen atoms in total. The molecule has 0 heterocycles. The van der Waals surface area contributed by atoms with Crippen LogP contribution in [0.5, 0.6) is 5.75 Å². The number of nitrogens with two attached hydrogens (primary N) is 2. The number of benzene rings is 1. The van der Waals surface area contributed by atoms with Gasteiger partial charge in [0.1, 0.15) is 5.75 Å². The van der Waals surface area contributed by atoms with Gasteiger partial charge in [-0.1, -0.05) is 11.6 Å². The van der Waals surface area contributed by atoms with Crippen LogP contribution in [0.25, 0.3) is 0 Å². The highest BCUT2D eigenvalue weighted by Crippen LogP contribution is 2.23. The molecule has 0 aliphatic carbocycles. The molecule has 0 unspecified atom stereocenters. The molecule has 0 bridgehead atoms. The highest BCUT2D eigenvalue weighted by atomic mass is 35.5. The third-order valence-corrected chi connectivity index (χ3v) is 2.28. The number of hydrogen-bond acceptors (Lipinski definition) is 3. The van der Waals surface area contributed by atoms with E-state index >= 15 is 0 Å². The van der Waals surface area contributed by atoms with Gasteiger partial charge in [0.25, 0.3) is 0 Å². The van der Waals surface area contributed by atoms with Gasteiger partial charge >= 0.3 is 0 Å². The highest BCUT2D eigenvalue weighted by Gasteiger charge is 2.04. The van der Waals surface area contributed by atoms with Crippen molar-refractivity contribution < 1.29 is 9.53 Å². The lowest BCUT2D eigenvalue weighted by molar-refractivity contribution is -0.118. The molecule has 0 aliphatic heterocycles. The fraction of sp³-hybridized carbons (Fsp3) is 0.364. The van der Waals surface area contributed by atoms with Crippen LogP contribution in [0.4, 0.5) is 0 Å². The first-order valence-electron chi connectivity index (χ1n) is 5.03. The maximum atomic E-state index is 10.6. The van der Waals surface area contributed by atoms with Gasteiger partial charge in [-0.15, -0.1) is 0 Å². The molecular formula is C11H15ClN2O2. The lowest BCUT2D eigenvalue weighted by Gasteiger charge is -2.10. The summed E-state index contributed by atoms with van der Waals surface area (Å²) in [6.45, 7) is 0.793. The van der Waals surface area contributed by atoms with Gasteiger partial charge in [0.05, 0.1) is 13.0 Å². The standard InChI is InChI=1S/C11H15ClN2O2/c12-9-1-2-10(8(7-9)3-5-13)16-6-4-11(14)15/h1-2,7H,3-6,13H2,(H2,14,15). The van der Waals surface area contributed by atoms with Gasteiger partial charge in [-0.25, -0.2) is 0 Å². The van der Waals surface area contributed by atoms with E-state index in [0.717, 1.165) is 5.56 Å². The minimum Gasteiger partial charge on any atom is -0.493 e. The van der Waals surface area contributed by atoms with Crippen molar-refractivity contribution in [2.24, 2.45) is 11.5 Å². The molecule has 0 saturated heterocycles. The van der Waals surface area contributed by atoms with E-state index in [1.54, 1.807) is 12.1 Å². The molecule has 5 heteroatoms. The third-order valence-electron chi connectivity index (χ3n) is 2.04. The minimum atomic E-state index is -0.380. The van der Waals surface area contributed by atoms with E-state index in [0.29, 0.717) is 23.7 Å². The summed E-state index contributed by atoms with van der Waals surface area (Å²) in [5.41, 5.74) is 11.4. The smallest absolute Gasteiger partial charge is 0.220 e. The molecule has 88 valence electrons. The summed E-state index contributed by atoms with van der Waals surface area (Å²) in [7, 11) is 0. The molecule has 0 atom stereocenters. The molecule has 0 fully saturated rings. The average Bonchev–Trinajstić information content (AvgIpc) is 2.21. The first-order valence-corrected chi connectivity index (χ1v) is 5.41. The summed E-state index contributed by atoms with van der Waals surface area (Å²) in [6, 6.07) is 5.32. The van der Waals surface area contributed by atoms with Gasteiger partial charge in [-0.05, 0) is 36.7 Å². The fourth-order valence-corrected chi connectivity index (χ4v) is 1.50. The summed E-state index contributed by atoms with van der Waals surface area (Å²) >= 11 is 5.87. The molecule has 0 aliphatic rings. The normalized spacial score (nSPS) is 10.1. The number of primary amides is 1. The zero-order valence-corrected chi connectivity index (χ0v) is 9.67. The molecule has 1 amide bonds. The molecular weight excluding hydrogens is 228 g/mol. The summed E-state index contributed by atoms with van der Waals surface area (Å²) < 4.78 is 5.44. The molecule has 4 N–H and O–H groups in total. The van der Waals surface area contributed by atoms with Crippen LogP contribution in [-0.2, 0) is 11.2 Å². The molecule has 0 saturated carbocycles. The maximum Gasteiger partial charge on any atom is 0.220 e. The van der Waals surface area contributed by atoms with E-state index in [2.05, 4.69) is 0 Å². The van der Waals surface area contributed by atoms with Gasteiger partial charge in [0, 0.05) is 5.02 Å². The summed E-state index contributed by atoms with van der Waals surface area (Å²) in [5, 5.41) is 0.644. The topological polar surface area (TPSA) is 78.3 Å². The number of rotatable bonds is 6. The minimum absolute atomic E-state index is 0.199. The zero-order chi connectivity index (χ0) is 12.0. The molecule has 0 spiro atoms. The van der Waals surface area contributed by atoms with E-state index in [1.165, 1.54) is 0 Å². The molecule has 0 radical (unpaired) electrons. The van der Waals surface area contributed by atoms with E-state index in [4.69, 9.17) is 27.8 Å². The molecule has 1 aromatic carbocycles. The van der Waals surface area contributed by atoms with Crippen LogP contribution in [0.2, 0.25) is 5.02 Å². The van der Waals surface area contributed by atoms with Crippen LogP contribution in [0.3, 0.4) is 0 Å². The van der Waals surface area contributed by atoms with Crippen molar-refractivity contribution in [3.63, 3.8) is 0 Å². The van der Waals surface area contributed by atoms with E-state index in [1.807, 2.05) is 6.07 Å². The Morgan fingerprint density at radius 1 is 1.44 bits per heavy atom. The van der Waals surface area contributed by atoms with Crippen LogP contribution in [0.15, 0.2) is 18.2 Å². The summed E-state index contributed by atoms with van der Waals surface area (Å²) in [6.07, 6.45) is 0.886. The number of halogens is 1. The van der Waals surface area contributed by atoms with Gasteiger partial charge in [-0.3, -0.25) is 4.79 Å². The van der Waals surface area contributed by atoms with E-state index in [9.17, 15) is 4.79 Å². The van der Waals surface area contributed by atoms with Crippen LogP contribution >= 0.6 is 11.6 Å². The van der Waals surface area contributed by atoms with Crippen molar-refractivity contribution in [2.45, 2.75) is 12.8 Å². The molecule has 1 aromatic rings. The number of carbonyl (C=O) groups excluding carboxylic acids is 1. The van der Waals surface area contributed by atoms with Crippen molar-refractivity contribution in [3.05, 3.63) is 28.8 Å². The Balaban J connectivity index is 2.66. The van der Waals surface area contributed by atoms with Crippen LogP contribution < -0.4 is 16.2 Å². The second kappa shape index (κ2) is 6.35. The Labute approximate surface area is 99.5 Å². The van der Waals surface area contributed by atoms with Crippen molar-refractivity contribution in [1.82, 2.24) is 0 Å². The lowest BCUT2D eigenvalue weighted by Crippen LogP contribution is -2.15. The van der Waals surface area contributed by atoms with Crippen molar-refractivity contribution in [2.75, 3.05) is 13.2 Å². The van der Waals surface area contributed by atoms with Crippen LogP contribution in [0.1, 0.15) is 12.0 Å². The van der Waals surface area contributed by atoms with Gasteiger partial charge in [0.2, 0.25) is 5.91 Å². The highest BCUT2D eigenvalue weighted by molar-refractivity contribution is 6.30. The monoisotopic (exact) mass is 242 g/mol. The molecule has 0 aromatic heterocycles. The van der Waals surface area contributed by atoms with Gasteiger partial charge < -0.3 is 16.2 Å². The van der Waals surface area contributed by atoms with Crippen molar-refractivity contribution in [1.29, 1.82) is 0 Å². The lowest BCUT2D eigenvalue weighted by atomic mass is 10.1. The average molecular weight is 243 g/mol. The van der Waals surface area contributed by atoms with E-state index < -0.39 is 0 Å². The Hall–Kier alpha value is -1.26. The Bertz CT molecular complexity index is 369. The largest absolute Gasteiger partial charge is 0.493 e. The SMILES string of the molecule is NCCc1cc(Cl)ccc1OCCC(N)=O. The molecule has 1 rings (SSSR count). The van der Waals surface area contributed by atoms with Crippen molar-refractivity contribution >= 4 is 17.5 Å². The fourth-order valence-electron chi connectivity index (χ4n) is 1.30. The quantitative estimate of drug-likeness (QED) is 0.784.